The monoisotopic (exact) mass is 639 g/mol. The molecule has 0 aliphatic heterocycles. The topological polar surface area (TPSA) is 164 Å². The van der Waals surface area contributed by atoms with Crippen molar-refractivity contribution in [3.63, 3.8) is 0 Å². The second-order valence-corrected chi connectivity index (χ2v) is 7.81. The first-order valence-corrected chi connectivity index (χ1v) is 10.2. The van der Waals surface area contributed by atoms with Gasteiger partial charge in [-0.05, 0) is 75.0 Å². The number of nitro groups is 3. The fraction of sp³-hybridized carbons (Fsp3) is 0. The molecule has 1 aromatic heterocycles. The Balaban J connectivity index is 0.00000324. The first kappa shape index (κ1) is 24.8. The minimum atomic E-state index is -0.746. The van der Waals surface area contributed by atoms with Gasteiger partial charge in [0.25, 0.3) is 17.1 Å². The van der Waals surface area contributed by atoms with Crippen molar-refractivity contribution < 1.29 is 36.5 Å². The number of aromatic nitrogens is 4. The maximum absolute atomic E-state index is 11.6. The molecular formula is C19H11BrIN7O6. The first-order valence-electron chi connectivity index (χ1n) is 9.08. The zero-order valence-corrected chi connectivity index (χ0v) is 20.4. The molecule has 0 amide bonds. The Morgan fingerprint density at radius 3 is 1.94 bits per heavy atom. The molecule has 0 radical (unpaired) electrons. The molecule has 15 heteroatoms. The third kappa shape index (κ3) is 4.88. The molecule has 0 aliphatic rings. The molecule has 4 rings (SSSR count). The van der Waals surface area contributed by atoms with E-state index < -0.39 is 26.1 Å². The van der Waals surface area contributed by atoms with Crippen LogP contribution in [-0.2, 0) is 0 Å². The Morgan fingerprint density at radius 1 is 0.794 bits per heavy atom. The van der Waals surface area contributed by atoms with Gasteiger partial charge in [0, 0.05) is 26.6 Å². The molecule has 0 spiro atoms. The Morgan fingerprint density at radius 2 is 1.38 bits per heavy atom. The van der Waals surface area contributed by atoms with E-state index in [0.717, 1.165) is 15.7 Å². The number of halogens is 2. The predicted octanol–water partition coefficient (Wildman–Crippen LogP) is 0.544. The van der Waals surface area contributed by atoms with Gasteiger partial charge in [0.1, 0.15) is 11.3 Å². The predicted molar refractivity (Wildman–Crippen MR) is 121 cm³/mol. The Labute approximate surface area is 214 Å². The van der Waals surface area contributed by atoms with Crippen LogP contribution in [0.15, 0.2) is 66.7 Å². The van der Waals surface area contributed by atoms with Gasteiger partial charge in [0.2, 0.25) is 0 Å². The number of hydrogen-bond acceptors (Lipinski definition) is 8. The summed E-state index contributed by atoms with van der Waals surface area (Å²) >= 11 is 2.13. The van der Waals surface area contributed by atoms with E-state index in [4.69, 9.17) is 0 Å². The minimum absolute atomic E-state index is 0. The normalized spacial score (nSPS) is 10.4. The number of nitrogens with zero attached hydrogens (tertiary/aromatic N) is 7. The second kappa shape index (κ2) is 9.96. The number of tetrazole rings is 1. The van der Waals surface area contributed by atoms with Gasteiger partial charge >= 0.3 is 5.82 Å². The lowest BCUT2D eigenvalue weighted by atomic mass is 10.1. The quantitative estimate of drug-likeness (QED) is 0.128. The van der Waals surface area contributed by atoms with Crippen molar-refractivity contribution in [3.05, 3.63) is 101 Å². The Hall–Kier alpha value is -3.86. The van der Waals surface area contributed by atoms with Gasteiger partial charge in [-0.3, -0.25) is 30.3 Å². The highest BCUT2D eigenvalue weighted by Gasteiger charge is 2.30. The largest absolute Gasteiger partial charge is 1.00 e. The number of non-ortho nitro benzene ring substituents is 2. The lowest BCUT2D eigenvalue weighted by Crippen LogP contribution is -3.00. The van der Waals surface area contributed by atoms with Crippen LogP contribution < -0.4 is 21.8 Å². The van der Waals surface area contributed by atoms with Gasteiger partial charge in [-0.25, -0.2) is 0 Å². The SMILES string of the molecule is O=[N+]([O-])c1ccc(-[n+]2nc(-c3ccc([N+](=O)[O-])cc3[N+](=O)[O-])nn2-c2ccc(I)cc2)cc1.[Br-]. The third-order valence-electron chi connectivity index (χ3n) is 4.54. The molecule has 0 N–H and O–H groups in total. The zero-order chi connectivity index (χ0) is 23.7. The summed E-state index contributed by atoms with van der Waals surface area (Å²) in [6.07, 6.45) is 0. The molecule has 13 nitrogen and oxygen atoms in total. The van der Waals surface area contributed by atoms with Crippen molar-refractivity contribution in [1.82, 2.24) is 15.0 Å². The third-order valence-corrected chi connectivity index (χ3v) is 5.26. The highest BCUT2D eigenvalue weighted by atomic mass is 127. The van der Waals surface area contributed by atoms with E-state index in [2.05, 4.69) is 32.8 Å². The van der Waals surface area contributed by atoms with E-state index >= 15 is 0 Å². The molecule has 172 valence electrons. The molecule has 0 fully saturated rings. The fourth-order valence-corrected chi connectivity index (χ4v) is 3.34. The fourth-order valence-electron chi connectivity index (χ4n) is 2.98. The summed E-state index contributed by atoms with van der Waals surface area (Å²) in [6.45, 7) is 0. The molecule has 0 saturated carbocycles. The molecule has 0 unspecified atom stereocenters. The van der Waals surface area contributed by atoms with Crippen LogP contribution in [0.3, 0.4) is 0 Å². The van der Waals surface area contributed by atoms with E-state index in [9.17, 15) is 30.3 Å². The first-order chi connectivity index (χ1) is 15.7. The lowest BCUT2D eigenvalue weighted by Gasteiger charge is -2.00. The summed E-state index contributed by atoms with van der Waals surface area (Å²) < 4.78 is 0.963. The van der Waals surface area contributed by atoms with Crippen LogP contribution in [0.4, 0.5) is 17.1 Å². The standard InChI is InChI=1S/C19H11IN7O6.BrH/c20-12-1-3-13(4-2-12)23-21-19(17-10-9-16(26(30)31)11-18(17)27(32)33)22-24(23)14-5-7-15(8-6-14)25(28)29;/h1-11H;1H/q+1;/p-1. The van der Waals surface area contributed by atoms with Crippen LogP contribution in [0, 0.1) is 33.9 Å². The van der Waals surface area contributed by atoms with Crippen molar-refractivity contribution >= 4 is 39.7 Å². The molecule has 0 aliphatic carbocycles. The minimum Gasteiger partial charge on any atom is -1.00 e. The van der Waals surface area contributed by atoms with Crippen molar-refractivity contribution in [2.75, 3.05) is 0 Å². The number of rotatable bonds is 6. The number of benzene rings is 3. The highest BCUT2D eigenvalue weighted by Crippen LogP contribution is 2.31. The van der Waals surface area contributed by atoms with E-state index in [1.165, 1.54) is 39.9 Å². The van der Waals surface area contributed by atoms with Crippen LogP contribution in [0.5, 0.6) is 0 Å². The Kier molecular flexibility index (Phi) is 7.26. The molecule has 4 aromatic rings. The molecule has 0 bridgehead atoms. The van der Waals surface area contributed by atoms with Crippen LogP contribution in [-0.4, -0.2) is 29.8 Å². The summed E-state index contributed by atoms with van der Waals surface area (Å²) in [4.78, 5) is 34.3. The van der Waals surface area contributed by atoms with Gasteiger partial charge in [-0.2, -0.15) is 0 Å². The summed E-state index contributed by atoms with van der Waals surface area (Å²) in [5.74, 6) is -0.0616. The van der Waals surface area contributed by atoms with Crippen LogP contribution in [0.1, 0.15) is 0 Å². The van der Waals surface area contributed by atoms with Gasteiger partial charge in [0.05, 0.1) is 25.9 Å². The summed E-state index contributed by atoms with van der Waals surface area (Å²) in [7, 11) is 0. The summed E-state index contributed by atoms with van der Waals surface area (Å²) in [5, 5.41) is 42.4. The molecule has 0 saturated heterocycles. The van der Waals surface area contributed by atoms with E-state index in [1.807, 2.05) is 12.1 Å². The summed E-state index contributed by atoms with van der Waals surface area (Å²) in [5.41, 5.74) is -0.137. The lowest BCUT2D eigenvalue weighted by molar-refractivity contribution is -0.734. The summed E-state index contributed by atoms with van der Waals surface area (Å²) in [6, 6.07) is 15.9. The maximum Gasteiger partial charge on any atom is 0.346 e. The molecule has 34 heavy (non-hydrogen) atoms. The van der Waals surface area contributed by atoms with E-state index in [1.54, 1.807) is 12.1 Å². The second-order valence-electron chi connectivity index (χ2n) is 6.57. The van der Waals surface area contributed by atoms with Crippen LogP contribution in [0.2, 0.25) is 0 Å². The van der Waals surface area contributed by atoms with Gasteiger partial charge in [-0.1, -0.05) is 0 Å². The van der Waals surface area contributed by atoms with Crippen molar-refractivity contribution in [2.24, 2.45) is 0 Å². The van der Waals surface area contributed by atoms with Gasteiger partial charge in [0.15, 0.2) is 5.69 Å². The van der Waals surface area contributed by atoms with E-state index in [-0.39, 0.29) is 34.1 Å². The van der Waals surface area contributed by atoms with Crippen LogP contribution >= 0.6 is 22.6 Å². The number of nitro benzene ring substituents is 3. The molecule has 1 heterocycles. The van der Waals surface area contributed by atoms with E-state index in [0.29, 0.717) is 11.4 Å². The molecular weight excluding hydrogens is 629 g/mol. The highest BCUT2D eigenvalue weighted by molar-refractivity contribution is 14.1. The number of hydrogen-bond donors (Lipinski definition) is 0. The average molecular weight is 640 g/mol. The smallest absolute Gasteiger partial charge is 0.346 e. The van der Waals surface area contributed by atoms with Crippen molar-refractivity contribution in [2.45, 2.75) is 0 Å². The average Bonchev–Trinajstić information content (AvgIpc) is 3.24. The Bertz CT molecular complexity index is 1410. The van der Waals surface area contributed by atoms with Crippen molar-refractivity contribution in [1.29, 1.82) is 0 Å². The zero-order valence-electron chi connectivity index (χ0n) is 16.7. The molecule has 3 aromatic carbocycles. The maximum atomic E-state index is 11.6. The molecule has 0 atom stereocenters. The van der Waals surface area contributed by atoms with Gasteiger partial charge < -0.3 is 17.0 Å². The van der Waals surface area contributed by atoms with Gasteiger partial charge in [-0.15, -0.1) is 0 Å². The van der Waals surface area contributed by atoms with Crippen LogP contribution in [0.25, 0.3) is 22.8 Å². The van der Waals surface area contributed by atoms with Crippen molar-refractivity contribution in [3.8, 4) is 22.8 Å².